The molecule has 134 valence electrons. The minimum absolute atomic E-state index is 0.0823. The summed E-state index contributed by atoms with van der Waals surface area (Å²) >= 11 is 0. The molecule has 1 aromatic carbocycles. The van der Waals surface area contributed by atoms with Crippen LogP contribution in [0.1, 0.15) is 18.4 Å². The molecule has 0 spiro atoms. The highest BCUT2D eigenvalue weighted by molar-refractivity contribution is 5.81. The summed E-state index contributed by atoms with van der Waals surface area (Å²) in [5, 5.41) is 13.0. The predicted octanol–water partition coefficient (Wildman–Crippen LogP) is 1.66. The number of rotatable bonds is 6. The molecule has 2 N–H and O–H groups in total. The molecule has 8 heteroatoms. The zero-order chi connectivity index (χ0) is 17.7. The zero-order valence-electron chi connectivity index (χ0n) is 13.3. The number of ether oxygens (including phenoxy) is 1. The van der Waals surface area contributed by atoms with E-state index in [1.54, 1.807) is 7.05 Å². The van der Waals surface area contributed by atoms with Gasteiger partial charge >= 0.3 is 6.18 Å². The minimum Gasteiger partial charge on any atom is -0.491 e. The average Bonchev–Trinajstić information content (AvgIpc) is 3.06. The number of halogens is 3. The van der Waals surface area contributed by atoms with Gasteiger partial charge in [-0.2, -0.15) is 13.2 Å². The van der Waals surface area contributed by atoms with Gasteiger partial charge in [0.2, 0.25) is 5.91 Å². The van der Waals surface area contributed by atoms with Crippen LogP contribution in [-0.4, -0.2) is 54.8 Å². The Kier molecular flexibility index (Phi) is 6.06. The molecule has 1 heterocycles. The summed E-state index contributed by atoms with van der Waals surface area (Å²) in [5.41, 5.74) is -0.759. The summed E-state index contributed by atoms with van der Waals surface area (Å²) in [6.07, 6.45) is -3.59. The summed E-state index contributed by atoms with van der Waals surface area (Å²) in [6.45, 7) is 0.794. The van der Waals surface area contributed by atoms with Crippen LogP contribution in [0.25, 0.3) is 0 Å². The lowest BCUT2D eigenvalue weighted by molar-refractivity contribution is -0.137. The van der Waals surface area contributed by atoms with E-state index < -0.39 is 17.8 Å². The van der Waals surface area contributed by atoms with E-state index in [1.165, 1.54) is 17.0 Å². The highest BCUT2D eigenvalue weighted by Gasteiger charge is 2.30. The first-order valence-corrected chi connectivity index (χ1v) is 7.74. The fourth-order valence-corrected chi connectivity index (χ4v) is 2.55. The number of aliphatic hydroxyl groups excluding tert-OH is 1. The van der Waals surface area contributed by atoms with Gasteiger partial charge in [-0.1, -0.05) is 0 Å². The first kappa shape index (κ1) is 18.5. The Balaban J connectivity index is 1.78. The number of hydrogen-bond acceptors (Lipinski definition) is 4. The number of benzene rings is 1. The zero-order valence-corrected chi connectivity index (χ0v) is 13.3. The van der Waals surface area contributed by atoms with Crippen molar-refractivity contribution >= 4 is 5.91 Å². The number of amides is 1. The Morgan fingerprint density at radius 2 is 2.08 bits per heavy atom. The maximum absolute atomic E-state index is 12.5. The van der Waals surface area contributed by atoms with Crippen molar-refractivity contribution in [3.05, 3.63) is 29.8 Å². The van der Waals surface area contributed by atoms with Crippen molar-refractivity contribution in [3.63, 3.8) is 0 Å². The SMILES string of the molecule is CN(CC(O)COc1ccc(C(F)(F)F)cc1)C(=O)[C@@H]1CCCN1. The predicted molar refractivity (Wildman–Crippen MR) is 81.6 cm³/mol. The molecule has 0 aliphatic carbocycles. The second-order valence-electron chi connectivity index (χ2n) is 5.85. The fraction of sp³-hybridized carbons (Fsp3) is 0.562. The van der Waals surface area contributed by atoms with Gasteiger partial charge in [-0.15, -0.1) is 0 Å². The van der Waals surface area contributed by atoms with E-state index >= 15 is 0 Å². The lowest BCUT2D eigenvalue weighted by atomic mass is 10.2. The van der Waals surface area contributed by atoms with Crippen LogP contribution in [0.4, 0.5) is 13.2 Å². The maximum atomic E-state index is 12.5. The third kappa shape index (κ3) is 5.10. The van der Waals surface area contributed by atoms with Gasteiger partial charge in [0, 0.05) is 13.6 Å². The van der Waals surface area contributed by atoms with Gasteiger partial charge in [-0.05, 0) is 43.7 Å². The van der Waals surface area contributed by atoms with Crippen molar-refractivity contribution < 1.29 is 27.8 Å². The highest BCUT2D eigenvalue weighted by Crippen LogP contribution is 2.30. The summed E-state index contributed by atoms with van der Waals surface area (Å²) in [5.74, 6) is 0.148. The lowest BCUT2D eigenvalue weighted by Crippen LogP contribution is -2.45. The Labute approximate surface area is 138 Å². The quantitative estimate of drug-likeness (QED) is 0.822. The number of alkyl halides is 3. The molecule has 0 aromatic heterocycles. The Morgan fingerprint density at radius 3 is 2.62 bits per heavy atom. The van der Waals surface area contributed by atoms with E-state index in [-0.39, 0.29) is 30.9 Å². The third-order valence-electron chi connectivity index (χ3n) is 3.84. The second-order valence-corrected chi connectivity index (χ2v) is 5.85. The fourth-order valence-electron chi connectivity index (χ4n) is 2.55. The molecule has 1 saturated heterocycles. The van der Waals surface area contributed by atoms with E-state index in [0.717, 1.165) is 31.5 Å². The number of hydrogen-bond donors (Lipinski definition) is 2. The first-order chi connectivity index (χ1) is 11.3. The van der Waals surface area contributed by atoms with Gasteiger partial charge in [-0.3, -0.25) is 4.79 Å². The monoisotopic (exact) mass is 346 g/mol. The largest absolute Gasteiger partial charge is 0.491 e. The molecule has 2 rings (SSSR count). The van der Waals surface area contributed by atoms with Crippen molar-refractivity contribution in [1.82, 2.24) is 10.2 Å². The number of aliphatic hydroxyl groups is 1. The van der Waals surface area contributed by atoms with E-state index in [1.807, 2.05) is 0 Å². The number of nitrogens with one attached hydrogen (secondary N) is 1. The van der Waals surface area contributed by atoms with E-state index in [4.69, 9.17) is 4.74 Å². The lowest BCUT2D eigenvalue weighted by Gasteiger charge is -2.24. The topological polar surface area (TPSA) is 61.8 Å². The molecule has 1 aliphatic heterocycles. The third-order valence-corrected chi connectivity index (χ3v) is 3.84. The molecule has 0 saturated carbocycles. The summed E-state index contributed by atoms with van der Waals surface area (Å²) < 4.78 is 42.6. The molecule has 1 aliphatic rings. The Bertz CT molecular complexity index is 542. The molecular formula is C16H21F3N2O3. The Hall–Kier alpha value is -1.80. The van der Waals surface area contributed by atoms with Crippen LogP contribution in [0.15, 0.2) is 24.3 Å². The van der Waals surface area contributed by atoms with Crippen molar-refractivity contribution in [1.29, 1.82) is 0 Å². The van der Waals surface area contributed by atoms with Crippen molar-refractivity contribution in [2.24, 2.45) is 0 Å². The van der Waals surface area contributed by atoms with Gasteiger partial charge in [0.15, 0.2) is 0 Å². The van der Waals surface area contributed by atoms with E-state index in [2.05, 4.69) is 5.32 Å². The van der Waals surface area contributed by atoms with Gasteiger partial charge in [0.25, 0.3) is 0 Å². The second kappa shape index (κ2) is 7.85. The van der Waals surface area contributed by atoms with Crippen LogP contribution in [0.5, 0.6) is 5.75 Å². The molecule has 1 aromatic rings. The van der Waals surface area contributed by atoms with Gasteiger partial charge in [-0.25, -0.2) is 0 Å². The van der Waals surface area contributed by atoms with Crippen molar-refractivity contribution in [3.8, 4) is 5.75 Å². The molecule has 24 heavy (non-hydrogen) atoms. The summed E-state index contributed by atoms with van der Waals surface area (Å²) in [7, 11) is 1.60. The van der Waals surface area contributed by atoms with Gasteiger partial charge in [0.1, 0.15) is 18.5 Å². The van der Waals surface area contributed by atoms with Crippen LogP contribution in [0, 0.1) is 0 Å². The first-order valence-electron chi connectivity index (χ1n) is 7.74. The number of nitrogens with zero attached hydrogens (tertiary/aromatic N) is 1. The van der Waals surface area contributed by atoms with Gasteiger partial charge in [0.05, 0.1) is 11.6 Å². The van der Waals surface area contributed by atoms with E-state index in [9.17, 15) is 23.1 Å². The normalized spacial score (nSPS) is 19.1. The number of likely N-dealkylation sites (N-methyl/N-ethyl adjacent to an activating group) is 1. The van der Waals surface area contributed by atoms with Crippen LogP contribution in [-0.2, 0) is 11.0 Å². The van der Waals surface area contributed by atoms with Crippen LogP contribution < -0.4 is 10.1 Å². The maximum Gasteiger partial charge on any atom is 0.416 e. The Morgan fingerprint density at radius 1 is 1.42 bits per heavy atom. The highest BCUT2D eigenvalue weighted by atomic mass is 19.4. The molecule has 5 nitrogen and oxygen atoms in total. The molecule has 1 amide bonds. The van der Waals surface area contributed by atoms with Crippen LogP contribution in [0.2, 0.25) is 0 Å². The van der Waals surface area contributed by atoms with Crippen molar-refractivity contribution in [2.45, 2.75) is 31.2 Å². The van der Waals surface area contributed by atoms with Crippen molar-refractivity contribution in [2.75, 3.05) is 26.7 Å². The number of carbonyl (C=O) groups excluding carboxylic acids is 1. The average molecular weight is 346 g/mol. The molecule has 0 radical (unpaired) electrons. The minimum atomic E-state index is -4.39. The molecule has 0 bridgehead atoms. The molecule has 1 fully saturated rings. The molecule has 2 atom stereocenters. The summed E-state index contributed by atoms with van der Waals surface area (Å²) in [6, 6.07) is 4.03. The van der Waals surface area contributed by atoms with E-state index in [0.29, 0.717) is 0 Å². The molecular weight excluding hydrogens is 325 g/mol. The summed E-state index contributed by atoms with van der Waals surface area (Å²) in [4.78, 5) is 13.5. The standard InChI is InChI=1S/C16H21F3N2O3/c1-21(15(23)14-3-2-8-20-14)9-12(22)10-24-13-6-4-11(5-7-13)16(17,18)19/h4-7,12,14,20,22H,2-3,8-10H2,1H3/t12?,14-/m0/s1. The van der Waals surface area contributed by atoms with Crippen LogP contribution in [0.3, 0.4) is 0 Å². The van der Waals surface area contributed by atoms with Crippen LogP contribution >= 0.6 is 0 Å². The smallest absolute Gasteiger partial charge is 0.416 e. The number of carbonyl (C=O) groups is 1. The molecule has 1 unspecified atom stereocenters. The van der Waals surface area contributed by atoms with Gasteiger partial charge < -0.3 is 20.1 Å².